The number of pyridine rings is 2. The molecule has 0 saturated carbocycles. The maximum Gasteiger partial charge on any atom is 2.00 e. The van der Waals surface area contributed by atoms with E-state index in [0.29, 0.717) is 11.5 Å². The van der Waals surface area contributed by atoms with Gasteiger partial charge in [-0.25, -0.2) is 0 Å². The summed E-state index contributed by atoms with van der Waals surface area (Å²) in [4.78, 5) is 12.0. The van der Waals surface area contributed by atoms with E-state index >= 15 is 0 Å². The van der Waals surface area contributed by atoms with E-state index in [2.05, 4.69) is 152 Å². The summed E-state index contributed by atoms with van der Waals surface area (Å²) in [5.74, 6) is 1.19. The van der Waals surface area contributed by atoms with Crippen molar-refractivity contribution in [3.05, 3.63) is 198 Å². The molecule has 0 bridgehead atoms. The Morgan fingerprint density at radius 3 is 1.92 bits per heavy atom. The van der Waals surface area contributed by atoms with Gasteiger partial charge in [0.1, 0.15) is 0 Å². The van der Waals surface area contributed by atoms with E-state index < -0.39 is 5.41 Å². The first-order valence-electron chi connectivity index (χ1n) is 16.6. The summed E-state index contributed by atoms with van der Waals surface area (Å²) in [7, 11) is 0. The van der Waals surface area contributed by atoms with Crippen LogP contribution in [0.3, 0.4) is 0 Å². The van der Waals surface area contributed by atoms with Crippen molar-refractivity contribution in [1.82, 2.24) is 9.97 Å². The molecule has 0 N–H and O–H groups in total. The van der Waals surface area contributed by atoms with Crippen LogP contribution in [0.5, 0.6) is 11.5 Å². The van der Waals surface area contributed by atoms with Crippen LogP contribution in [-0.2, 0) is 31.9 Å². The smallest absolute Gasteiger partial charge is 0.503 e. The standard InChI is InChI=1S/C45H35N3O.Pt/c1-44(2,3)33-26-28-46-40(31-33)32-15-13-19-36(29-32)49-37-20-14-16-34(30-37)45(43-25-11-12-27-47-43)38-21-7-9-23-41(38)48(35-17-5-4-6-18-35)42-24-10-8-22-39(42)45;/h4-28,31H,1-3H3;/q-2;+2. The molecule has 0 spiro atoms. The number of nitrogens with zero attached hydrogens (tertiary/aromatic N) is 3. The van der Waals surface area contributed by atoms with Gasteiger partial charge in [0.25, 0.3) is 0 Å². The number of hydrogen-bond donors (Lipinski definition) is 0. The van der Waals surface area contributed by atoms with E-state index in [-0.39, 0.29) is 26.5 Å². The van der Waals surface area contributed by atoms with E-state index in [0.717, 1.165) is 50.7 Å². The van der Waals surface area contributed by atoms with Gasteiger partial charge in [-0.15, -0.1) is 41.5 Å². The molecule has 1 aliphatic heterocycles. The summed E-state index contributed by atoms with van der Waals surface area (Å²) < 4.78 is 6.55. The molecular weight excluding hydrogens is 794 g/mol. The van der Waals surface area contributed by atoms with Crippen molar-refractivity contribution in [2.45, 2.75) is 31.6 Å². The fourth-order valence-corrected chi connectivity index (χ4v) is 6.94. The monoisotopic (exact) mass is 828 g/mol. The number of anilines is 3. The van der Waals surface area contributed by atoms with Gasteiger partial charge in [0.05, 0.1) is 22.5 Å². The number of ether oxygens (including phenoxy) is 1. The van der Waals surface area contributed by atoms with E-state index in [4.69, 9.17) is 9.72 Å². The molecule has 50 heavy (non-hydrogen) atoms. The van der Waals surface area contributed by atoms with Crippen LogP contribution in [-0.4, -0.2) is 9.97 Å². The third-order valence-electron chi connectivity index (χ3n) is 9.22. The topological polar surface area (TPSA) is 38.3 Å². The zero-order chi connectivity index (χ0) is 33.4. The minimum atomic E-state index is -0.776. The minimum absolute atomic E-state index is 0. The van der Waals surface area contributed by atoms with Crippen LogP contribution in [0, 0.1) is 12.1 Å². The molecule has 0 atom stereocenters. The van der Waals surface area contributed by atoms with Crippen LogP contribution in [0.2, 0.25) is 0 Å². The Morgan fingerprint density at radius 2 is 1.24 bits per heavy atom. The molecule has 3 heterocycles. The van der Waals surface area contributed by atoms with Gasteiger partial charge in [-0.2, -0.15) is 12.1 Å². The number of hydrogen-bond acceptors (Lipinski definition) is 4. The van der Waals surface area contributed by atoms with Crippen LogP contribution < -0.4 is 9.64 Å². The number of aromatic nitrogens is 2. The van der Waals surface area contributed by atoms with Gasteiger partial charge in [0, 0.05) is 29.6 Å². The van der Waals surface area contributed by atoms with Gasteiger partial charge in [-0.05, 0) is 70.3 Å². The third kappa shape index (κ3) is 5.84. The Bertz CT molecular complexity index is 2220. The fraction of sp³-hybridized carbons (Fsp3) is 0.111. The normalized spacial score (nSPS) is 13.1. The van der Waals surface area contributed by atoms with Crippen molar-refractivity contribution in [1.29, 1.82) is 0 Å². The minimum Gasteiger partial charge on any atom is -0.503 e. The second-order valence-electron chi connectivity index (χ2n) is 13.3. The Labute approximate surface area is 308 Å². The second kappa shape index (κ2) is 13.5. The maximum atomic E-state index is 6.55. The Hall–Kier alpha value is -5.31. The molecule has 0 fully saturated rings. The third-order valence-corrected chi connectivity index (χ3v) is 9.22. The molecule has 0 amide bonds. The summed E-state index contributed by atoms with van der Waals surface area (Å²) in [6, 6.07) is 57.3. The van der Waals surface area contributed by atoms with E-state index in [1.807, 2.05) is 48.8 Å². The maximum absolute atomic E-state index is 6.55. The zero-order valence-corrected chi connectivity index (χ0v) is 30.3. The number of para-hydroxylation sites is 3. The largest absolute Gasteiger partial charge is 2.00 e. The summed E-state index contributed by atoms with van der Waals surface area (Å²) >= 11 is 0. The SMILES string of the molecule is CC(C)(C)c1ccnc(-c2[c-]c(Oc3[c-]c(C4(c5ccccn5)c5ccccc5N(c5ccccc5)c5ccccc54)ccc3)ccc2)c1.[Pt+2]. The van der Waals surface area contributed by atoms with Crippen molar-refractivity contribution in [3.8, 4) is 22.8 Å². The molecule has 0 aliphatic carbocycles. The summed E-state index contributed by atoms with van der Waals surface area (Å²) in [6.45, 7) is 6.62. The van der Waals surface area contributed by atoms with Crippen LogP contribution in [0.15, 0.2) is 158 Å². The van der Waals surface area contributed by atoms with Gasteiger partial charge >= 0.3 is 21.1 Å². The predicted octanol–water partition coefficient (Wildman–Crippen LogP) is 11.0. The van der Waals surface area contributed by atoms with Gasteiger partial charge in [-0.1, -0.05) is 93.6 Å². The number of rotatable bonds is 6. The fourth-order valence-electron chi connectivity index (χ4n) is 6.94. The Balaban J connectivity index is 0.00000392. The van der Waals surface area contributed by atoms with Crippen LogP contribution >= 0.6 is 0 Å². The summed E-state index contributed by atoms with van der Waals surface area (Å²) in [5, 5.41) is 0. The number of fused-ring (bicyclic) bond motifs is 2. The first kappa shape index (κ1) is 33.2. The molecule has 0 unspecified atom stereocenters. The molecule has 2 aromatic heterocycles. The molecule has 0 radical (unpaired) electrons. The van der Waals surface area contributed by atoms with Crippen molar-refractivity contribution in [3.63, 3.8) is 0 Å². The first-order valence-corrected chi connectivity index (χ1v) is 16.6. The molecule has 1 aliphatic rings. The molecule has 4 nitrogen and oxygen atoms in total. The van der Waals surface area contributed by atoms with Gasteiger partial charge in [0.2, 0.25) is 0 Å². The molecule has 7 aromatic rings. The van der Waals surface area contributed by atoms with Crippen LogP contribution in [0.25, 0.3) is 11.3 Å². The molecule has 5 heteroatoms. The molecule has 8 rings (SSSR count). The Morgan fingerprint density at radius 1 is 0.600 bits per heavy atom. The van der Waals surface area contributed by atoms with Crippen molar-refractivity contribution in [2.75, 3.05) is 4.90 Å². The summed E-state index contributed by atoms with van der Waals surface area (Å²) in [6.07, 6.45) is 3.74. The van der Waals surface area contributed by atoms with Gasteiger partial charge < -0.3 is 14.6 Å². The molecule has 0 saturated heterocycles. The molecular formula is C45H35N3OPt. The molecule has 246 valence electrons. The van der Waals surface area contributed by atoms with E-state index in [9.17, 15) is 0 Å². The van der Waals surface area contributed by atoms with E-state index in [1.165, 1.54) is 5.56 Å². The quantitative estimate of drug-likeness (QED) is 0.157. The van der Waals surface area contributed by atoms with Crippen molar-refractivity contribution in [2.24, 2.45) is 0 Å². The van der Waals surface area contributed by atoms with Crippen molar-refractivity contribution < 1.29 is 25.8 Å². The molecule has 5 aromatic carbocycles. The van der Waals surface area contributed by atoms with Crippen LogP contribution in [0.4, 0.5) is 17.1 Å². The zero-order valence-electron chi connectivity index (χ0n) is 28.1. The van der Waals surface area contributed by atoms with E-state index in [1.54, 1.807) is 0 Å². The van der Waals surface area contributed by atoms with Gasteiger partial charge in [-0.3, -0.25) is 4.98 Å². The van der Waals surface area contributed by atoms with Crippen molar-refractivity contribution >= 4 is 17.1 Å². The Kier molecular flexibility index (Phi) is 8.99. The van der Waals surface area contributed by atoms with Crippen LogP contribution in [0.1, 0.15) is 48.7 Å². The summed E-state index contributed by atoms with van der Waals surface area (Å²) in [5.41, 5.74) is 9.54. The average molecular weight is 829 g/mol. The number of benzene rings is 5. The predicted molar refractivity (Wildman–Crippen MR) is 197 cm³/mol. The average Bonchev–Trinajstić information content (AvgIpc) is 3.14. The second-order valence-corrected chi connectivity index (χ2v) is 13.3. The van der Waals surface area contributed by atoms with Gasteiger partial charge in [0.15, 0.2) is 0 Å². The first-order chi connectivity index (χ1) is 23.9.